The minimum atomic E-state index is -0.538. The highest BCUT2D eigenvalue weighted by Gasteiger charge is 2.47. The number of piperazine rings is 1. The molecule has 0 spiro atoms. The van der Waals surface area contributed by atoms with Gasteiger partial charge in [0.2, 0.25) is 11.8 Å². The highest BCUT2D eigenvalue weighted by Crippen LogP contribution is 2.44. The summed E-state index contributed by atoms with van der Waals surface area (Å²) in [5.74, 6) is 0.0413. The molecule has 5 heterocycles. The van der Waals surface area contributed by atoms with Crippen molar-refractivity contribution in [2.24, 2.45) is 5.73 Å². The average molecular weight is 562 g/mol. The van der Waals surface area contributed by atoms with E-state index in [1.165, 1.54) is 33.3 Å². The summed E-state index contributed by atoms with van der Waals surface area (Å²) < 4.78 is 0. The zero-order valence-electron chi connectivity index (χ0n) is 24.4. The molecule has 7 nitrogen and oxygen atoms in total. The lowest BCUT2D eigenvalue weighted by Gasteiger charge is -2.34. The van der Waals surface area contributed by atoms with Gasteiger partial charge in [-0.2, -0.15) is 0 Å². The Morgan fingerprint density at radius 2 is 1.55 bits per heavy atom. The van der Waals surface area contributed by atoms with E-state index >= 15 is 0 Å². The molecular weight excluding hydrogens is 518 g/mol. The van der Waals surface area contributed by atoms with Gasteiger partial charge in [0.25, 0.3) is 0 Å². The maximum atomic E-state index is 13.9. The molecule has 3 aliphatic heterocycles. The number of carbonyl (C=O) groups is 2. The van der Waals surface area contributed by atoms with Gasteiger partial charge in [-0.25, -0.2) is 0 Å². The number of aromatic amines is 1. The normalized spacial score (nSPS) is 22.1. The Labute approximate surface area is 241 Å². The average Bonchev–Trinajstić information content (AvgIpc) is 3.67. The summed E-state index contributed by atoms with van der Waals surface area (Å²) in [6, 6.07) is 9.95. The number of carbonyl (C=O) groups excluding carboxylic acids is 2. The molecule has 0 unspecified atom stereocenters. The summed E-state index contributed by atoms with van der Waals surface area (Å²) in [7, 11) is 0. The van der Waals surface area contributed by atoms with Gasteiger partial charge in [-0.05, 0) is 89.1 Å². The fraction of sp³-hybridized carbons (Fsp3) is 0.562. The number of aryl methyl sites for hydroxylation is 2. The van der Waals surface area contributed by atoms with Crippen molar-refractivity contribution >= 4 is 33.4 Å². The third kappa shape index (κ3) is 5.10. The van der Waals surface area contributed by atoms with Gasteiger partial charge in [-0.15, -0.1) is 11.3 Å². The van der Waals surface area contributed by atoms with Crippen LogP contribution < -0.4 is 5.73 Å². The van der Waals surface area contributed by atoms with E-state index < -0.39 is 5.41 Å². The van der Waals surface area contributed by atoms with Crippen LogP contribution in [-0.4, -0.2) is 82.9 Å². The zero-order valence-corrected chi connectivity index (χ0v) is 25.2. The number of nitrogens with zero attached hydrogens (tertiary/aromatic N) is 3. The highest BCUT2D eigenvalue weighted by molar-refractivity contribution is 7.19. The lowest BCUT2D eigenvalue weighted by molar-refractivity contribution is -0.137. The van der Waals surface area contributed by atoms with E-state index in [9.17, 15) is 9.59 Å². The van der Waals surface area contributed by atoms with Crippen molar-refractivity contribution in [1.29, 1.82) is 0 Å². The third-order valence-electron chi connectivity index (χ3n) is 9.47. The molecule has 3 fully saturated rings. The van der Waals surface area contributed by atoms with Crippen LogP contribution >= 0.6 is 11.3 Å². The number of fused-ring (bicyclic) bond motifs is 3. The topological polar surface area (TPSA) is 85.7 Å². The SMILES string of the molecule is Cc1cc(C)cc(-c2[nH]c3sc(C(C)(C)C(=O)N4C5CCC4CC5)cc3c2CCN2CCN(CC(N)=O)CC2)c1. The van der Waals surface area contributed by atoms with Crippen molar-refractivity contribution in [3.63, 3.8) is 0 Å². The number of hydrogen-bond acceptors (Lipinski definition) is 5. The summed E-state index contributed by atoms with van der Waals surface area (Å²) in [5, 5.41) is 1.26. The number of nitrogens with one attached hydrogen (secondary N) is 1. The Kier molecular flexibility index (Phi) is 7.30. The molecular formula is C32H43N5O2S. The summed E-state index contributed by atoms with van der Waals surface area (Å²) >= 11 is 1.75. The maximum Gasteiger partial charge on any atom is 0.233 e. The summed E-state index contributed by atoms with van der Waals surface area (Å²) in [6.45, 7) is 13.5. The van der Waals surface area contributed by atoms with Gasteiger partial charge in [-0.1, -0.05) is 17.2 Å². The van der Waals surface area contributed by atoms with E-state index in [1.54, 1.807) is 11.3 Å². The van der Waals surface area contributed by atoms with Gasteiger partial charge in [0, 0.05) is 55.1 Å². The highest BCUT2D eigenvalue weighted by atomic mass is 32.1. The number of nitrogens with two attached hydrogens (primary N) is 1. The van der Waals surface area contributed by atoms with Gasteiger partial charge in [0.05, 0.1) is 17.7 Å². The lowest BCUT2D eigenvalue weighted by Crippen LogP contribution is -2.49. The lowest BCUT2D eigenvalue weighted by atomic mass is 9.88. The molecule has 3 N–H and O–H groups in total. The molecule has 1 aromatic carbocycles. The number of benzene rings is 1. The van der Waals surface area contributed by atoms with Crippen molar-refractivity contribution in [3.8, 4) is 11.3 Å². The first-order valence-electron chi connectivity index (χ1n) is 14.9. The molecule has 3 aromatic rings. The number of aromatic nitrogens is 1. The Morgan fingerprint density at radius 1 is 0.950 bits per heavy atom. The van der Waals surface area contributed by atoms with Crippen LogP contribution in [0.5, 0.6) is 0 Å². The number of amides is 2. The number of hydrogen-bond donors (Lipinski definition) is 2. The predicted molar refractivity (Wildman–Crippen MR) is 163 cm³/mol. The van der Waals surface area contributed by atoms with Crippen LogP contribution in [0.3, 0.4) is 0 Å². The predicted octanol–water partition coefficient (Wildman–Crippen LogP) is 4.59. The molecule has 2 bridgehead atoms. The van der Waals surface area contributed by atoms with Crippen LogP contribution in [0.2, 0.25) is 0 Å². The maximum absolute atomic E-state index is 13.9. The first kappa shape index (κ1) is 27.5. The monoisotopic (exact) mass is 561 g/mol. The minimum Gasteiger partial charge on any atom is -0.369 e. The second-order valence-corrected chi connectivity index (χ2v) is 13.9. The van der Waals surface area contributed by atoms with E-state index in [-0.39, 0.29) is 5.91 Å². The van der Waals surface area contributed by atoms with Crippen LogP contribution in [0.25, 0.3) is 21.5 Å². The Hall–Kier alpha value is -2.68. The van der Waals surface area contributed by atoms with Crippen LogP contribution in [0, 0.1) is 13.8 Å². The smallest absolute Gasteiger partial charge is 0.233 e. The molecule has 0 radical (unpaired) electrons. The van der Waals surface area contributed by atoms with Gasteiger partial charge < -0.3 is 20.5 Å². The minimum absolute atomic E-state index is 0.256. The molecule has 3 aliphatic rings. The van der Waals surface area contributed by atoms with Crippen molar-refractivity contribution in [2.75, 3.05) is 39.3 Å². The van der Waals surface area contributed by atoms with E-state index in [2.05, 4.69) is 71.6 Å². The van der Waals surface area contributed by atoms with Crippen LogP contribution in [-0.2, 0) is 21.4 Å². The quantitative estimate of drug-likeness (QED) is 0.421. The Bertz CT molecular complexity index is 1390. The molecule has 2 amide bonds. The number of H-pyrrole nitrogens is 1. The first-order chi connectivity index (χ1) is 19.1. The van der Waals surface area contributed by atoms with Crippen LogP contribution in [0.15, 0.2) is 24.3 Å². The van der Waals surface area contributed by atoms with Crippen LogP contribution in [0.4, 0.5) is 0 Å². The van der Waals surface area contributed by atoms with E-state index in [4.69, 9.17) is 5.73 Å². The molecule has 6 rings (SSSR count). The fourth-order valence-electron chi connectivity index (χ4n) is 7.30. The Balaban J connectivity index is 1.29. The first-order valence-corrected chi connectivity index (χ1v) is 15.7. The van der Waals surface area contributed by atoms with Gasteiger partial charge in [-0.3, -0.25) is 14.5 Å². The Morgan fingerprint density at radius 3 is 2.15 bits per heavy atom. The third-order valence-corrected chi connectivity index (χ3v) is 10.8. The van der Waals surface area contributed by atoms with Gasteiger partial charge in [0.1, 0.15) is 4.83 Å². The van der Waals surface area contributed by atoms with Gasteiger partial charge in [0.15, 0.2) is 0 Å². The van der Waals surface area contributed by atoms with Crippen molar-refractivity contribution in [2.45, 2.75) is 77.3 Å². The second kappa shape index (κ2) is 10.6. The molecule has 0 aliphatic carbocycles. The van der Waals surface area contributed by atoms with Crippen molar-refractivity contribution in [3.05, 3.63) is 45.8 Å². The van der Waals surface area contributed by atoms with Crippen molar-refractivity contribution in [1.82, 2.24) is 19.7 Å². The van der Waals surface area contributed by atoms with Crippen molar-refractivity contribution < 1.29 is 9.59 Å². The summed E-state index contributed by atoms with van der Waals surface area (Å²) in [6.07, 6.45) is 5.59. The standard InChI is InChI=1S/C32H43N5O2S/c1-20-15-21(2)17-22(16-20)29-25(9-10-35-11-13-36(14-12-35)19-28(33)38)26-18-27(40-30(26)34-29)32(3,4)31(39)37-23-5-6-24(37)8-7-23/h15-18,23-24,34H,5-14,19H2,1-4H3,(H2,33,38). The molecule has 0 atom stereocenters. The number of thiophene rings is 1. The molecule has 8 heteroatoms. The molecule has 2 aromatic heterocycles. The summed E-state index contributed by atoms with van der Waals surface area (Å²) in [5.41, 5.74) is 11.2. The molecule has 214 valence electrons. The largest absolute Gasteiger partial charge is 0.369 e. The van der Waals surface area contributed by atoms with E-state index in [0.29, 0.717) is 24.5 Å². The summed E-state index contributed by atoms with van der Waals surface area (Å²) in [4.78, 5) is 38.2. The zero-order chi connectivity index (χ0) is 28.2. The van der Waals surface area contributed by atoms with Gasteiger partial charge >= 0.3 is 0 Å². The van der Waals surface area contributed by atoms with Crippen LogP contribution in [0.1, 0.15) is 61.1 Å². The van der Waals surface area contributed by atoms with E-state index in [0.717, 1.165) is 74.5 Å². The number of primary amides is 1. The fourth-order valence-corrected chi connectivity index (χ4v) is 8.48. The molecule has 0 saturated carbocycles. The second-order valence-electron chi connectivity index (χ2n) is 12.8. The number of rotatable bonds is 8. The molecule has 40 heavy (non-hydrogen) atoms. The van der Waals surface area contributed by atoms with E-state index in [1.807, 2.05) is 0 Å². The molecule has 3 saturated heterocycles.